The molecule has 0 amide bonds. The molecule has 1 aliphatic rings. The highest BCUT2D eigenvalue weighted by atomic mass is 32.2. The minimum absolute atomic E-state index is 0.151. The standard InChI is InChI=1S/C17H23N5O2S/c1-3-14-10-16(21-17(20-14)19-4-2)22-8-7-12-5-6-15(25(18,23)24)9-13(12)11-22/h5-6,9-10H,3-4,7-8,11H2,1-2H3,(H2,18,23,24)(H,19,20,21). The molecule has 1 aromatic carbocycles. The summed E-state index contributed by atoms with van der Waals surface area (Å²) in [4.78, 5) is 11.4. The lowest BCUT2D eigenvalue weighted by Crippen LogP contribution is -2.31. The fourth-order valence-corrected chi connectivity index (χ4v) is 3.53. The number of rotatable bonds is 5. The lowest BCUT2D eigenvalue weighted by molar-refractivity contribution is 0.597. The number of benzene rings is 1. The van der Waals surface area contributed by atoms with Crippen molar-refractivity contribution < 1.29 is 8.42 Å². The van der Waals surface area contributed by atoms with Gasteiger partial charge in [-0.1, -0.05) is 13.0 Å². The number of aromatic nitrogens is 2. The lowest BCUT2D eigenvalue weighted by atomic mass is 10.00. The maximum absolute atomic E-state index is 11.6. The normalized spacial score (nSPS) is 14.3. The molecule has 3 rings (SSSR count). The molecule has 2 heterocycles. The van der Waals surface area contributed by atoms with E-state index in [1.54, 1.807) is 12.1 Å². The molecule has 2 aromatic rings. The smallest absolute Gasteiger partial charge is 0.238 e. The molecule has 25 heavy (non-hydrogen) atoms. The second-order valence-electron chi connectivity index (χ2n) is 6.07. The number of hydrogen-bond acceptors (Lipinski definition) is 6. The lowest BCUT2D eigenvalue weighted by Gasteiger charge is -2.30. The first kappa shape index (κ1) is 17.6. The van der Waals surface area contributed by atoms with Crippen LogP contribution in [-0.2, 0) is 29.4 Å². The van der Waals surface area contributed by atoms with E-state index in [1.165, 1.54) is 0 Å². The van der Waals surface area contributed by atoms with Gasteiger partial charge in [0.05, 0.1) is 4.90 Å². The molecular formula is C17H23N5O2S. The van der Waals surface area contributed by atoms with Gasteiger partial charge in [-0.05, 0) is 43.0 Å². The number of hydrogen-bond donors (Lipinski definition) is 2. The van der Waals surface area contributed by atoms with E-state index >= 15 is 0 Å². The van der Waals surface area contributed by atoms with Crippen LogP contribution in [0.15, 0.2) is 29.2 Å². The molecule has 0 atom stereocenters. The molecule has 0 aliphatic carbocycles. The molecule has 0 saturated heterocycles. The topological polar surface area (TPSA) is 101 Å². The van der Waals surface area contributed by atoms with Crippen molar-refractivity contribution in [2.75, 3.05) is 23.3 Å². The summed E-state index contributed by atoms with van der Waals surface area (Å²) in [5.74, 6) is 1.48. The van der Waals surface area contributed by atoms with Crippen molar-refractivity contribution in [3.63, 3.8) is 0 Å². The summed E-state index contributed by atoms with van der Waals surface area (Å²) in [5, 5.41) is 8.42. The van der Waals surface area contributed by atoms with Gasteiger partial charge >= 0.3 is 0 Å². The molecule has 0 fully saturated rings. The van der Waals surface area contributed by atoms with E-state index in [0.29, 0.717) is 12.5 Å². The average Bonchev–Trinajstić information content (AvgIpc) is 2.60. The first-order chi connectivity index (χ1) is 11.9. The van der Waals surface area contributed by atoms with Crippen molar-refractivity contribution >= 4 is 21.8 Å². The number of anilines is 2. The Hall–Kier alpha value is -2.19. The Morgan fingerprint density at radius 3 is 2.68 bits per heavy atom. The van der Waals surface area contributed by atoms with Gasteiger partial charge in [0.1, 0.15) is 5.82 Å². The van der Waals surface area contributed by atoms with Crippen molar-refractivity contribution in [1.29, 1.82) is 0 Å². The minimum atomic E-state index is -3.70. The van der Waals surface area contributed by atoms with E-state index in [9.17, 15) is 8.42 Å². The summed E-state index contributed by atoms with van der Waals surface area (Å²) in [6, 6.07) is 7.10. The summed E-state index contributed by atoms with van der Waals surface area (Å²) in [6.45, 7) is 6.25. The van der Waals surface area contributed by atoms with E-state index in [0.717, 1.165) is 48.6 Å². The van der Waals surface area contributed by atoms with Gasteiger partial charge in [-0.2, -0.15) is 4.98 Å². The highest BCUT2D eigenvalue weighted by molar-refractivity contribution is 7.89. The van der Waals surface area contributed by atoms with Crippen LogP contribution < -0.4 is 15.4 Å². The van der Waals surface area contributed by atoms with Crippen molar-refractivity contribution in [1.82, 2.24) is 9.97 Å². The van der Waals surface area contributed by atoms with Crippen molar-refractivity contribution in [2.24, 2.45) is 5.14 Å². The zero-order valence-electron chi connectivity index (χ0n) is 14.5. The van der Waals surface area contributed by atoms with Crippen LogP contribution in [0.1, 0.15) is 30.7 Å². The molecule has 3 N–H and O–H groups in total. The van der Waals surface area contributed by atoms with Gasteiger partial charge in [-0.15, -0.1) is 0 Å². The number of aryl methyl sites for hydroxylation is 1. The third kappa shape index (κ3) is 3.91. The van der Waals surface area contributed by atoms with Crippen LogP contribution in [0.4, 0.5) is 11.8 Å². The van der Waals surface area contributed by atoms with Gasteiger partial charge in [-0.25, -0.2) is 18.5 Å². The monoisotopic (exact) mass is 361 g/mol. The summed E-state index contributed by atoms with van der Waals surface area (Å²) in [6.07, 6.45) is 1.66. The summed E-state index contributed by atoms with van der Waals surface area (Å²) in [5.41, 5.74) is 3.10. The molecule has 1 aromatic heterocycles. The van der Waals surface area contributed by atoms with E-state index in [-0.39, 0.29) is 4.90 Å². The molecule has 7 nitrogen and oxygen atoms in total. The minimum Gasteiger partial charge on any atom is -0.354 e. The van der Waals surface area contributed by atoms with Crippen LogP contribution in [0.3, 0.4) is 0 Å². The molecule has 0 saturated carbocycles. The van der Waals surface area contributed by atoms with Crippen LogP contribution in [-0.4, -0.2) is 31.5 Å². The number of sulfonamides is 1. The predicted octanol–water partition coefficient (Wildman–Crippen LogP) is 1.68. The average molecular weight is 361 g/mol. The van der Waals surface area contributed by atoms with E-state index in [2.05, 4.69) is 27.1 Å². The van der Waals surface area contributed by atoms with E-state index < -0.39 is 10.0 Å². The van der Waals surface area contributed by atoms with Crippen molar-refractivity contribution in [2.45, 2.75) is 38.1 Å². The highest BCUT2D eigenvalue weighted by Gasteiger charge is 2.20. The molecule has 0 unspecified atom stereocenters. The van der Waals surface area contributed by atoms with Crippen LogP contribution in [0, 0.1) is 0 Å². The Kier molecular flexibility index (Phi) is 4.91. The third-order valence-electron chi connectivity index (χ3n) is 4.31. The largest absolute Gasteiger partial charge is 0.354 e. The Bertz CT molecular complexity index is 883. The van der Waals surface area contributed by atoms with Gasteiger partial charge in [0, 0.05) is 31.4 Å². The Morgan fingerprint density at radius 2 is 2.00 bits per heavy atom. The maximum Gasteiger partial charge on any atom is 0.238 e. The van der Waals surface area contributed by atoms with Crippen LogP contribution >= 0.6 is 0 Å². The molecular weight excluding hydrogens is 338 g/mol. The number of nitrogens with zero attached hydrogens (tertiary/aromatic N) is 3. The van der Waals surface area contributed by atoms with Crippen molar-refractivity contribution in [3.05, 3.63) is 41.1 Å². The predicted molar refractivity (Wildman–Crippen MR) is 98.1 cm³/mol. The van der Waals surface area contributed by atoms with Crippen LogP contribution in [0.5, 0.6) is 0 Å². The zero-order valence-corrected chi connectivity index (χ0v) is 15.3. The van der Waals surface area contributed by atoms with Crippen LogP contribution in [0.2, 0.25) is 0 Å². The Labute approximate surface area is 148 Å². The first-order valence-electron chi connectivity index (χ1n) is 8.42. The SMILES string of the molecule is CCNc1nc(CC)cc(N2CCc3ccc(S(N)(=O)=O)cc3C2)n1. The highest BCUT2D eigenvalue weighted by Crippen LogP contribution is 2.26. The summed E-state index contributed by atoms with van der Waals surface area (Å²) < 4.78 is 23.2. The number of fused-ring (bicyclic) bond motifs is 1. The van der Waals surface area contributed by atoms with Gasteiger partial charge in [0.2, 0.25) is 16.0 Å². The molecule has 8 heteroatoms. The van der Waals surface area contributed by atoms with Gasteiger partial charge in [0.25, 0.3) is 0 Å². The Balaban J connectivity index is 1.93. The van der Waals surface area contributed by atoms with Gasteiger partial charge in [0.15, 0.2) is 0 Å². The van der Waals surface area contributed by atoms with Gasteiger partial charge in [-0.3, -0.25) is 0 Å². The molecule has 1 aliphatic heterocycles. The zero-order chi connectivity index (χ0) is 18.0. The number of primary sulfonamides is 1. The molecule has 134 valence electrons. The van der Waals surface area contributed by atoms with E-state index in [4.69, 9.17) is 5.14 Å². The molecule has 0 spiro atoms. The van der Waals surface area contributed by atoms with Crippen molar-refractivity contribution in [3.8, 4) is 0 Å². The molecule has 0 radical (unpaired) electrons. The second kappa shape index (κ2) is 6.97. The fraction of sp³-hybridized carbons (Fsp3) is 0.412. The third-order valence-corrected chi connectivity index (χ3v) is 5.22. The summed E-state index contributed by atoms with van der Waals surface area (Å²) >= 11 is 0. The Morgan fingerprint density at radius 1 is 1.20 bits per heavy atom. The van der Waals surface area contributed by atoms with Crippen LogP contribution in [0.25, 0.3) is 0 Å². The van der Waals surface area contributed by atoms with Gasteiger partial charge < -0.3 is 10.2 Å². The van der Waals surface area contributed by atoms with E-state index in [1.807, 2.05) is 19.1 Å². The summed E-state index contributed by atoms with van der Waals surface area (Å²) in [7, 11) is -3.70. The number of nitrogens with one attached hydrogen (secondary N) is 1. The quantitative estimate of drug-likeness (QED) is 0.840. The molecule has 0 bridgehead atoms. The number of nitrogens with two attached hydrogens (primary N) is 1. The first-order valence-corrected chi connectivity index (χ1v) is 9.96. The fourth-order valence-electron chi connectivity index (χ4n) is 2.97. The maximum atomic E-state index is 11.6. The second-order valence-corrected chi connectivity index (χ2v) is 7.63.